The van der Waals surface area contributed by atoms with Gasteiger partial charge in [-0.05, 0) is 33.6 Å². The fourth-order valence-corrected chi connectivity index (χ4v) is 3.50. The molecule has 2 heterocycles. The van der Waals surface area contributed by atoms with E-state index >= 15 is 0 Å². The molecule has 0 radical (unpaired) electrons. The minimum Gasteiger partial charge on any atom is -0.503 e. The second kappa shape index (κ2) is 8.66. The van der Waals surface area contributed by atoms with Crippen LogP contribution in [0, 0.1) is 0 Å². The number of nitrogens with one attached hydrogen (secondary N) is 2. The molecule has 156 valence electrons. The number of aromatic hydroxyl groups is 1. The quantitative estimate of drug-likeness (QED) is 0.404. The molecule has 1 aromatic carbocycles. The van der Waals surface area contributed by atoms with Crippen LogP contribution in [0.15, 0.2) is 26.7 Å². The number of methoxy groups -OCH3 is 2. The van der Waals surface area contributed by atoms with Crippen LogP contribution in [0.5, 0.6) is 11.5 Å². The van der Waals surface area contributed by atoms with Crippen molar-refractivity contribution >= 4 is 40.0 Å². The largest absolute Gasteiger partial charge is 0.503 e. The predicted octanol–water partition coefficient (Wildman–Crippen LogP) is 0.281. The lowest BCUT2D eigenvalue weighted by atomic mass is 10.1. The van der Waals surface area contributed by atoms with Crippen molar-refractivity contribution in [2.75, 3.05) is 34.4 Å². The van der Waals surface area contributed by atoms with Gasteiger partial charge in [0.05, 0.1) is 24.4 Å². The Hall–Kier alpha value is -2.86. The Morgan fingerprint density at radius 3 is 2.86 bits per heavy atom. The molecule has 0 saturated carbocycles. The number of aliphatic imine (C=N–C) groups is 1. The number of amides is 3. The van der Waals surface area contributed by atoms with Crippen molar-refractivity contribution in [2.45, 2.75) is 12.2 Å². The maximum Gasteiger partial charge on any atom is 0.325 e. The topological polar surface area (TPSA) is 128 Å². The maximum absolute atomic E-state index is 12.4. The third-order valence-corrected chi connectivity index (χ3v) is 5.15. The summed E-state index contributed by atoms with van der Waals surface area (Å²) in [5.74, 6) is 0.204. The van der Waals surface area contributed by atoms with Crippen molar-refractivity contribution in [1.29, 1.82) is 0 Å². The van der Waals surface area contributed by atoms with E-state index < -0.39 is 24.1 Å². The highest BCUT2D eigenvalue weighted by Gasteiger charge is 2.48. The number of rotatable bonds is 6. The van der Waals surface area contributed by atoms with Gasteiger partial charge in [0.25, 0.3) is 5.91 Å². The lowest BCUT2D eigenvalue weighted by Gasteiger charge is -2.35. The van der Waals surface area contributed by atoms with E-state index in [2.05, 4.69) is 36.8 Å². The molecule has 0 bridgehead atoms. The normalized spacial score (nSPS) is 21.3. The van der Waals surface area contributed by atoms with Crippen LogP contribution in [0.1, 0.15) is 5.56 Å². The molecule has 2 atom stereocenters. The number of carbonyl (C=O) groups excluding carboxylic acids is 2. The molecule has 1 saturated heterocycles. The molecule has 3 amide bonds. The van der Waals surface area contributed by atoms with E-state index in [1.807, 2.05) is 0 Å². The second-order valence-corrected chi connectivity index (χ2v) is 7.18. The van der Waals surface area contributed by atoms with Crippen LogP contribution in [0.2, 0.25) is 0 Å². The van der Waals surface area contributed by atoms with Gasteiger partial charge in [-0.25, -0.2) is 15.2 Å². The fourth-order valence-electron chi connectivity index (χ4n) is 3.04. The first-order chi connectivity index (χ1) is 13.9. The number of nitrogens with zero attached hydrogens (tertiary/aromatic N) is 4. The lowest BCUT2D eigenvalue weighted by Crippen LogP contribution is -2.64. The van der Waals surface area contributed by atoms with Crippen molar-refractivity contribution in [3.8, 4) is 11.5 Å². The van der Waals surface area contributed by atoms with Gasteiger partial charge >= 0.3 is 6.03 Å². The number of phenolic OH excluding ortho intramolecular Hbond substituents is 1. The van der Waals surface area contributed by atoms with Gasteiger partial charge in [-0.2, -0.15) is 5.10 Å². The van der Waals surface area contributed by atoms with Gasteiger partial charge in [0.15, 0.2) is 23.7 Å². The Morgan fingerprint density at radius 2 is 2.17 bits per heavy atom. The zero-order valence-electron chi connectivity index (χ0n) is 16.0. The first kappa shape index (κ1) is 20.9. The van der Waals surface area contributed by atoms with Crippen molar-refractivity contribution in [3.63, 3.8) is 0 Å². The summed E-state index contributed by atoms with van der Waals surface area (Å²) in [6.07, 6.45) is 0.856. The highest BCUT2D eigenvalue weighted by molar-refractivity contribution is 9.10. The van der Waals surface area contributed by atoms with Gasteiger partial charge < -0.3 is 24.4 Å². The van der Waals surface area contributed by atoms with E-state index in [0.29, 0.717) is 34.9 Å². The van der Waals surface area contributed by atoms with E-state index in [-0.39, 0.29) is 5.75 Å². The number of likely N-dealkylation sites (N-methyl/N-ethyl adjacent to an activating group) is 1. The number of phenols is 1. The monoisotopic (exact) mass is 468 g/mol. The molecule has 29 heavy (non-hydrogen) atoms. The molecule has 11 nitrogen and oxygen atoms in total. The van der Waals surface area contributed by atoms with Crippen molar-refractivity contribution in [3.05, 3.63) is 22.2 Å². The molecule has 0 aliphatic carbocycles. The SMILES string of the molecule is COCCN1C(N/N=C/c2cc(Br)c(O)c(OC)c2)=NC2C1C(=O)NC(=O)N2C. The highest BCUT2D eigenvalue weighted by Crippen LogP contribution is 2.34. The third kappa shape index (κ3) is 4.12. The average molecular weight is 469 g/mol. The van der Waals surface area contributed by atoms with E-state index in [9.17, 15) is 14.7 Å². The molecule has 3 rings (SSSR count). The van der Waals surface area contributed by atoms with E-state index in [4.69, 9.17) is 9.47 Å². The number of imide groups is 1. The average Bonchev–Trinajstić information content (AvgIpc) is 3.06. The van der Waals surface area contributed by atoms with E-state index in [1.54, 1.807) is 31.2 Å². The van der Waals surface area contributed by atoms with Gasteiger partial charge in [-0.3, -0.25) is 10.1 Å². The lowest BCUT2D eigenvalue weighted by molar-refractivity contribution is -0.127. The minimum atomic E-state index is -0.673. The van der Waals surface area contributed by atoms with Crippen LogP contribution >= 0.6 is 15.9 Å². The number of urea groups is 1. The van der Waals surface area contributed by atoms with Crippen LogP contribution in [-0.4, -0.2) is 85.6 Å². The van der Waals surface area contributed by atoms with Crippen molar-refractivity contribution in [1.82, 2.24) is 20.5 Å². The number of fused-ring (bicyclic) bond motifs is 1. The summed E-state index contributed by atoms with van der Waals surface area (Å²) >= 11 is 3.25. The van der Waals surface area contributed by atoms with Gasteiger partial charge in [-0.15, -0.1) is 0 Å². The molecule has 3 N–H and O–H groups in total. The second-order valence-electron chi connectivity index (χ2n) is 6.33. The minimum absolute atomic E-state index is 0.00805. The van der Waals surface area contributed by atoms with Gasteiger partial charge in [0.2, 0.25) is 5.96 Å². The predicted molar refractivity (Wildman–Crippen MR) is 108 cm³/mol. The third-order valence-electron chi connectivity index (χ3n) is 4.55. The summed E-state index contributed by atoms with van der Waals surface area (Å²) in [5.41, 5.74) is 3.48. The number of ether oxygens (including phenoxy) is 2. The highest BCUT2D eigenvalue weighted by atomic mass is 79.9. The Kier molecular flexibility index (Phi) is 6.23. The smallest absolute Gasteiger partial charge is 0.325 e. The molecule has 1 aromatic rings. The summed E-state index contributed by atoms with van der Waals surface area (Å²) in [5, 5.41) is 16.4. The molecule has 2 unspecified atom stereocenters. The molecule has 2 aliphatic heterocycles. The number of hydrogen-bond acceptors (Lipinski definition) is 9. The molecular weight excluding hydrogens is 448 g/mol. The van der Waals surface area contributed by atoms with Crippen LogP contribution in [0.4, 0.5) is 4.79 Å². The van der Waals surface area contributed by atoms with Gasteiger partial charge in [0.1, 0.15) is 0 Å². The number of hydrazone groups is 1. The number of hydrogen-bond donors (Lipinski definition) is 3. The molecule has 0 aromatic heterocycles. The summed E-state index contributed by atoms with van der Waals surface area (Å²) < 4.78 is 10.7. The van der Waals surface area contributed by atoms with E-state index in [1.165, 1.54) is 18.2 Å². The first-order valence-corrected chi connectivity index (χ1v) is 9.43. The zero-order valence-corrected chi connectivity index (χ0v) is 17.6. The number of halogens is 1. The van der Waals surface area contributed by atoms with Crippen LogP contribution in [0.25, 0.3) is 0 Å². The number of carbonyl (C=O) groups is 2. The summed E-state index contributed by atoms with van der Waals surface area (Å²) in [6.45, 7) is 0.744. The fraction of sp³-hybridized carbons (Fsp3) is 0.412. The van der Waals surface area contributed by atoms with Gasteiger partial charge in [-0.1, -0.05) is 0 Å². The summed E-state index contributed by atoms with van der Waals surface area (Å²) in [6, 6.07) is 2.11. The standard InChI is InChI=1S/C17H21BrN6O5/c1-23-14-12(15(26)21-17(23)27)24(4-5-28-2)16(20-14)22-19-8-9-6-10(18)13(25)11(7-9)29-3/h6-8,12,14,25H,4-5H2,1-3H3,(H,20,22)(H,21,26,27)/b19-8+. The summed E-state index contributed by atoms with van der Waals surface area (Å²) in [7, 11) is 4.58. The Morgan fingerprint density at radius 1 is 1.41 bits per heavy atom. The molecular formula is C17H21BrN6O5. The Bertz CT molecular complexity index is 876. The van der Waals surface area contributed by atoms with Crippen LogP contribution < -0.4 is 15.5 Å². The summed E-state index contributed by atoms with van der Waals surface area (Å²) in [4.78, 5) is 31.8. The number of benzene rings is 1. The van der Waals surface area contributed by atoms with Crippen molar-refractivity contribution in [2.24, 2.45) is 10.1 Å². The first-order valence-electron chi connectivity index (χ1n) is 8.64. The molecule has 2 aliphatic rings. The zero-order chi connectivity index (χ0) is 21.1. The van der Waals surface area contributed by atoms with Crippen LogP contribution in [0.3, 0.4) is 0 Å². The Balaban J connectivity index is 1.81. The molecule has 1 fully saturated rings. The Labute approximate surface area is 175 Å². The number of guanidine groups is 1. The van der Waals surface area contributed by atoms with Crippen molar-refractivity contribution < 1.29 is 24.2 Å². The van der Waals surface area contributed by atoms with Gasteiger partial charge in [0, 0.05) is 20.7 Å². The molecule has 0 spiro atoms. The van der Waals surface area contributed by atoms with Crippen LogP contribution in [-0.2, 0) is 9.53 Å². The molecule has 12 heteroatoms. The maximum atomic E-state index is 12.4. The van der Waals surface area contributed by atoms with E-state index in [0.717, 1.165) is 0 Å².